The number of sulfonamides is 1. The normalized spacial score (nSPS) is 15.9. The first-order valence-electron chi connectivity index (χ1n) is 9.20. The van der Waals surface area contributed by atoms with E-state index in [0.29, 0.717) is 44.1 Å². The number of anilines is 1. The van der Waals surface area contributed by atoms with Crippen LogP contribution in [0, 0.1) is 6.92 Å². The van der Waals surface area contributed by atoms with Crippen molar-refractivity contribution in [2.75, 3.05) is 31.1 Å². The molecule has 0 spiro atoms. The Kier molecular flexibility index (Phi) is 4.94. The van der Waals surface area contributed by atoms with Crippen molar-refractivity contribution in [3.63, 3.8) is 0 Å². The van der Waals surface area contributed by atoms with Crippen molar-refractivity contribution in [2.45, 2.75) is 25.4 Å². The number of nitrogens with zero attached hydrogens (tertiary/aromatic N) is 4. The van der Waals surface area contributed by atoms with Crippen LogP contribution in [0.3, 0.4) is 0 Å². The van der Waals surface area contributed by atoms with E-state index < -0.39 is 10.0 Å². The van der Waals surface area contributed by atoms with Gasteiger partial charge in [-0.1, -0.05) is 19.1 Å². The minimum atomic E-state index is -3.71. The Labute approximate surface area is 163 Å². The number of aromatic nitrogens is 2. The van der Waals surface area contributed by atoms with Crippen molar-refractivity contribution < 1.29 is 17.3 Å². The quantitative estimate of drug-likeness (QED) is 0.648. The molecule has 8 nitrogen and oxygen atoms in total. The molecular formula is C19H22N4O4S. The molecule has 1 fully saturated rings. The van der Waals surface area contributed by atoms with E-state index in [-0.39, 0.29) is 11.0 Å². The molecular weight excluding hydrogens is 380 g/mol. The van der Waals surface area contributed by atoms with Crippen molar-refractivity contribution in [2.24, 2.45) is 0 Å². The van der Waals surface area contributed by atoms with Gasteiger partial charge in [-0.25, -0.2) is 8.42 Å². The molecule has 3 aromatic rings. The van der Waals surface area contributed by atoms with Crippen molar-refractivity contribution in [3.05, 3.63) is 48.0 Å². The van der Waals surface area contributed by atoms with E-state index in [1.807, 2.05) is 32.0 Å². The Hall–Kier alpha value is -2.65. The zero-order valence-corrected chi connectivity index (χ0v) is 16.6. The predicted octanol–water partition coefficient (Wildman–Crippen LogP) is 2.71. The lowest BCUT2D eigenvalue weighted by molar-refractivity contribution is 0.362. The molecule has 3 heterocycles. The Bertz CT molecular complexity index is 1070. The summed E-state index contributed by atoms with van der Waals surface area (Å²) in [5.41, 5.74) is 2.76. The third kappa shape index (κ3) is 3.55. The number of hydrogen-bond acceptors (Lipinski definition) is 7. The molecule has 0 radical (unpaired) electrons. The second kappa shape index (κ2) is 7.40. The van der Waals surface area contributed by atoms with Gasteiger partial charge in [-0.15, -0.1) is 10.2 Å². The third-order valence-electron chi connectivity index (χ3n) is 4.79. The van der Waals surface area contributed by atoms with E-state index in [9.17, 15) is 8.42 Å². The predicted molar refractivity (Wildman–Crippen MR) is 104 cm³/mol. The molecule has 4 rings (SSSR count). The number of piperazine rings is 1. The molecule has 1 aromatic carbocycles. The number of rotatable bonds is 5. The summed E-state index contributed by atoms with van der Waals surface area (Å²) in [5, 5.41) is 7.71. The summed E-state index contributed by atoms with van der Waals surface area (Å²) in [7, 11) is -3.71. The van der Waals surface area contributed by atoms with Crippen LogP contribution in [-0.2, 0) is 16.4 Å². The fourth-order valence-electron chi connectivity index (χ4n) is 3.22. The molecule has 0 saturated carbocycles. The van der Waals surface area contributed by atoms with Gasteiger partial charge < -0.3 is 13.7 Å². The topological polar surface area (TPSA) is 92.7 Å². The van der Waals surface area contributed by atoms with Gasteiger partial charge in [-0.2, -0.15) is 4.31 Å². The summed E-state index contributed by atoms with van der Waals surface area (Å²) in [6.07, 6.45) is 1.95. The van der Waals surface area contributed by atoms with Crippen LogP contribution in [0.1, 0.15) is 18.4 Å². The molecule has 9 heteroatoms. The van der Waals surface area contributed by atoms with Crippen LogP contribution in [0.2, 0.25) is 0 Å². The molecule has 28 heavy (non-hydrogen) atoms. The monoisotopic (exact) mass is 402 g/mol. The highest BCUT2D eigenvalue weighted by molar-refractivity contribution is 7.89. The zero-order chi connectivity index (χ0) is 19.7. The molecule has 0 unspecified atom stereocenters. The molecule has 0 bridgehead atoms. The smallest absolute Gasteiger partial charge is 0.276 e. The summed E-state index contributed by atoms with van der Waals surface area (Å²) in [4.78, 5) is 2.19. The van der Waals surface area contributed by atoms with Crippen LogP contribution in [0.4, 0.5) is 5.69 Å². The molecule has 1 saturated heterocycles. The number of furan rings is 1. The van der Waals surface area contributed by atoms with Crippen molar-refractivity contribution in [1.82, 2.24) is 14.5 Å². The fraction of sp³-hybridized carbons (Fsp3) is 0.368. The summed E-state index contributed by atoms with van der Waals surface area (Å²) < 4.78 is 38.1. The standard InChI is InChI=1S/C19H22N4O4S/c1-3-17-20-21-19(27-17)15-12-18(26-13-15)28(24,25)23-9-7-22(8-10-23)16-6-4-5-14(2)11-16/h4-6,11-13H,3,7-10H2,1-2H3. The van der Waals surface area contributed by atoms with Gasteiger partial charge in [-0.05, 0) is 24.6 Å². The Morgan fingerprint density at radius 2 is 1.89 bits per heavy atom. The molecule has 0 atom stereocenters. The SMILES string of the molecule is CCc1nnc(-c2coc(S(=O)(=O)N3CCN(c4cccc(C)c4)CC3)c2)o1. The lowest BCUT2D eigenvalue weighted by Crippen LogP contribution is -2.48. The van der Waals surface area contributed by atoms with Crippen LogP contribution >= 0.6 is 0 Å². The maximum Gasteiger partial charge on any atom is 0.276 e. The summed E-state index contributed by atoms with van der Waals surface area (Å²) in [6, 6.07) is 9.66. The third-order valence-corrected chi connectivity index (χ3v) is 6.56. The van der Waals surface area contributed by atoms with Gasteiger partial charge in [0.1, 0.15) is 6.26 Å². The van der Waals surface area contributed by atoms with Crippen LogP contribution in [0.5, 0.6) is 0 Å². The van der Waals surface area contributed by atoms with E-state index in [1.165, 1.54) is 22.2 Å². The first-order valence-corrected chi connectivity index (χ1v) is 10.6. The minimum Gasteiger partial charge on any atom is -0.451 e. The van der Waals surface area contributed by atoms with Gasteiger partial charge in [-0.3, -0.25) is 0 Å². The molecule has 148 valence electrons. The van der Waals surface area contributed by atoms with E-state index in [2.05, 4.69) is 21.2 Å². The van der Waals surface area contributed by atoms with Gasteiger partial charge in [0.15, 0.2) is 0 Å². The Balaban J connectivity index is 1.47. The summed E-state index contributed by atoms with van der Waals surface area (Å²) >= 11 is 0. The number of aryl methyl sites for hydroxylation is 2. The number of hydrogen-bond donors (Lipinski definition) is 0. The van der Waals surface area contributed by atoms with Crippen LogP contribution in [0.15, 0.2) is 50.5 Å². The van der Waals surface area contributed by atoms with Crippen molar-refractivity contribution >= 4 is 15.7 Å². The summed E-state index contributed by atoms with van der Waals surface area (Å²) in [5.74, 6) is 0.749. The van der Waals surface area contributed by atoms with Crippen molar-refractivity contribution in [1.29, 1.82) is 0 Å². The number of benzene rings is 1. The van der Waals surface area contributed by atoms with Gasteiger partial charge in [0.25, 0.3) is 15.9 Å². The lowest BCUT2D eigenvalue weighted by Gasteiger charge is -2.35. The highest BCUT2D eigenvalue weighted by atomic mass is 32.2. The van der Waals surface area contributed by atoms with Crippen LogP contribution in [0.25, 0.3) is 11.5 Å². The fourth-order valence-corrected chi connectivity index (χ4v) is 4.56. The molecule has 2 aromatic heterocycles. The van der Waals surface area contributed by atoms with Crippen LogP contribution in [-0.4, -0.2) is 49.1 Å². The molecule has 0 N–H and O–H groups in total. The van der Waals surface area contributed by atoms with Gasteiger partial charge >= 0.3 is 0 Å². The van der Waals surface area contributed by atoms with Crippen molar-refractivity contribution in [3.8, 4) is 11.5 Å². The van der Waals surface area contributed by atoms with Gasteiger partial charge in [0, 0.05) is 44.4 Å². The average molecular weight is 402 g/mol. The maximum absolute atomic E-state index is 12.9. The Morgan fingerprint density at radius 3 is 2.57 bits per heavy atom. The molecule has 0 aliphatic carbocycles. The van der Waals surface area contributed by atoms with Gasteiger partial charge in [0.2, 0.25) is 11.0 Å². The van der Waals surface area contributed by atoms with E-state index in [0.717, 1.165) is 5.69 Å². The maximum atomic E-state index is 12.9. The highest BCUT2D eigenvalue weighted by Crippen LogP contribution is 2.27. The second-order valence-electron chi connectivity index (χ2n) is 6.74. The largest absolute Gasteiger partial charge is 0.451 e. The molecule has 1 aliphatic rings. The average Bonchev–Trinajstić information content (AvgIpc) is 3.37. The van der Waals surface area contributed by atoms with Crippen LogP contribution < -0.4 is 4.90 Å². The first-order chi connectivity index (χ1) is 13.5. The molecule has 0 amide bonds. The first kappa shape index (κ1) is 18.7. The lowest BCUT2D eigenvalue weighted by atomic mass is 10.2. The summed E-state index contributed by atoms with van der Waals surface area (Å²) in [6.45, 7) is 5.99. The second-order valence-corrected chi connectivity index (χ2v) is 8.61. The highest BCUT2D eigenvalue weighted by Gasteiger charge is 2.31. The minimum absolute atomic E-state index is 0.109. The molecule has 1 aliphatic heterocycles. The zero-order valence-electron chi connectivity index (χ0n) is 15.8. The van der Waals surface area contributed by atoms with Gasteiger partial charge in [0.05, 0.1) is 5.56 Å². The van der Waals surface area contributed by atoms with E-state index >= 15 is 0 Å². The Morgan fingerprint density at radius 1 is 1.11 bits per heavy atom. The van der Waals surface area contributed by atoms with E-state index in [4.69, 9.17) is 8.83 Å². The van der Waals surface area contributed by atoms with E-state index in [1.54, 1.807) is 0 Å².